The zero-order valence-electron chi connectivity index (χ0n) is 15.4. The highest BCUT2D eigenvalue weighted by Gasteiger charge is 2.17. The molecule has 10 heteroatoms. The zero-order valence-corrected chi connectivity index (χ0v) is 17.8. The van der Waals surface area contributed by atoms with Crippen molar-refractivity contribution >= 4 is 43.5 Å². The molecule has 0 saturated heterocycles. The second kappa shape index (κ2) is 9.07. The number of benzene rings is 2. The van der Waals surface area contributed by atoms with Crippen LogP contribution in [0.3, 0.4) is 0 Å². The van der Waals surface area contributed by atoms with Gasteiger partial charge in [-0.25, -0.2) is 8.42 Å². The molecule has 2 amide bonds. The summed E-state index contributed by atoms with van der Waals surface area (Å²) in [4.78, 5) is 24.4. The molecule has 2 aromatic carbocycles. The first-order chi connectivity index (χ1) is 13.0. The topological polar surface area (TPSA) is 114 Å². The molecule has 8 nitrogen and oxygen atoms in total. The number of rotatable bonds is 6. The predicted octanol–water partition coefficient (Wildman–Crippen LogP) is 2.36. The molecule has 0 heterocycles. The Hall–Kier alpha value is -2.59. The Kier molecular flexibility index (Phi) is 7.03. The van der Waals surface area contributed by atoms with E-state index in [1.54, 1.807) is 38.1 Å². The Bertz CT molecular complexity index is 994. The number of ether oxygens (including phenoxy) is 1. The van der Waals surface area contributed by atoms with Crippen molar-refractivity contribution in [3.05, 3.63) is 58.1 Å². The van der Waals surface area contributed by atoms with E-state index in [0.29, 0.717) is 11.3 Å². The second-order valence-corrected chi connectivity index (χ2v) is 8.73. The van der Waals surface area contributed by atoms with Crippen LogP contribution in [0.4, 0.5) is 5.69 Å². The molecule has 0 bridgehead atoms. The van der Waals surface area contributed by atoms with Crippen molar-refractivity contribution in [2.45, 2.75) is 20.0 Å². The average molecular weight is 470 g/mol. The molecule has 28 heavy (non-hydrogen) atoms. The van der Waals surface area contributed by atoms with E-state index in [2.05, 4.69) is 31.5 Å². The van der Waals surface area contributed by atoms with Crippen molar-refractivity contribution in [2.24, 2.45) is 0 Å². The fourth-order valence-electron chi connectivity index (χ4n) is 2.16. The summed E-state index contributed by atoms with van der Waals surface area (Å²) in [5, 5.41) is 0. The van der Waals surface area contributed by atoms with Gasteiger partial charge in [-0.15, -0.1) is 0 Å². The molecule has 0 radical (unpaired) electrons. The maximum atomic E-state index is 12.3. The highest BCUT2D eigenvalue weighted by molar-refractivity contribution is 9.10. The largest absolute Gasteiger partial charge is 0.481 e. The maximum Gasteiger partial charge on any atom is 0.279 e. The van der Waals surface area contributed by atoms with Gasteiger partial charge < -0.3 is 4.74 Å². The molecule has 0 aliphatic heterocycles. The minimum atomic E-state index is -3.48. The molecule has 0 fully saturated rings. The van der Waals surface area contributed by atoms with E-state index in [0.717, 1.165) is 10.7 Å². The summed E-state index contributed by atoms with van der Waals surface area (Å²) >= 11 is 3.31. The van der Waals surface area contributed by atoms with E-state index in [4.69, 9.17) is 4.74 Å². The van der Waals surface area contributed by atoms with Gasteiger partial charge in [0.2, 0.25) is 10.0 Å². The van der Waals surface area contributed by atoms with Crippen LogP contribution in [0, 0.1) is 6.92 Å². The summed E-state index contributed by atoms with van der Waals surface area (Å²) < 4.78 is 31.5. The van der Waals surface area contributed by atoms with Gasteiger partial charge in [0.15, 0.2) is 6.10 Å². The number of nitrogens with one attached hydrogen (secondary N) is 3. The number of carbonyl (C=O) groups is 2. The van der Waals surface area contributed by atoms with Crippen molar-refractivity contribution < 1.29 is 22.7 Å². The number of hydrogen-bond donors (Lipinski definition) is 3. The van der Waals surface area contributed by atoms with Gasteiger partial charge in [0, 0.05) is 10.0 Å². The Morgan fingerprint density at radius 2 is 1.82 bits per heavy atom. The summed E-state index contributed by atoms with van der Waals surface area (Å²) in [6, 6.07) is 11.5. The molecular weight excluding hydrogens is 450 g/mol. The number of carbonyl (C=O) groups excluding carboxylic acids is 2. The van der Waals surface area contributed by atoms with Crippen LogP contribution in [-0.4, -0.2) is 32.6 Å². The smallest absolute Gasteiger partial charge is 0.279 e. The molecule has 0 spiro atoms. The molecule has 1 atom stereocenters. The summed E-state index contributed by atoms with van der Waals surface area (Å²) in [5.41, 5.74) is 5.68. The molecule has 2 rings (SSSR count). The predicted molar refractivity (Wildman–Crippen MR) is 109 cm³/mol. The van der Waals surface area contributed by atoms with Crippen molar-refractivity contribution in [1.82, 2.24) is 10.9 Å². The van der Waals surface area contributed by atoms with E-state index in [1.807, 2.05) is 6.07 Å². The van der Waals surface area contributed by atoms with Crippen LogP contribution < -0.4 is 20.3 Å². The molecule has 0 aliphatic rings. The second-order valence-electron chi connectivity index (χ2n) is 6.06. The number of hydrogen-bond acceptors (Lipinski definition) is 5. The first-order valence-electron chi connectivity index (χ1n) is 8.16. The van der Waals surface area contributed by atoms with Gasteiger partial charge in [-0.1, -0.05) is 28.1 Å². The van der Waals surface area contributed by atoms with Gasteiger partial charge in [0.1, 0.15) is 5.75 Å². The summed E-state index contributed by atoms with van der Waals surface area (Å²) in [6.07, 6.45) is 0.168. The molecule has 0 saturated carbocycles. The van der Waals surface area contributed by atoms with Gasteiger partial charge in [0.05, 0.1) is 11.9 Å². The molecule has 150 valence electrons. The third-order valence-electron chi connectivity index (χ3n) is 3.57. The summed E-state index contributed by atoms with van der Waals surface area (Å²) in [6.45, 7) is 3.25. The van der Waals surface area contributed by atoms with E-state index in [-0.39, 0.29) is 11.3 Å². The lowest BCUT2D eigenvalue weighted by Gasteiger charge is -2.15. The monoisotopic (exact) mass is 469 g/mol. The lowest BCUT2D eigenvalue weighted by atomic mass is 10.1. The molecule has 0 aliphatic carbocycles. The van der Waals surface area contributed by atoms with Gasteiger partial charge in [-0.2, -0.15) is 0 Å². The Morgan fingerprint density at radius 3 is 2.46 bits per heavy atom. The van der Waals surface area contributed by atoms with E-state index >= 15 is 0 Å². The number of hydrazine groups is 1. The number of anilines is 1. The first-order valence-corrected chi connectivity index (χ1v) is 10.8. The van der Waals surface area contributed by atoms with Gasteiger partial charge in [-0.3, -0.25) is 25.2 Å². The van der Waals surface area contributed by atoms with Crippen molar-refractivity contribution in [3.63, 3.8) is 0 Å². The van der Waals surface area contributed by atoms with Crippen LogP contribution in [0.1, 0.15) is 22.8 Å². The minimum absolute atomic E-state index is 0.178. The minimum Gasteiger partial charge on any atom is -0.481 e. The lowest BCUT2D eigenvalue weighted by molar-refractivity contribution is -0.128. The molecule has 1 unspecified atom stereocenters. The SMILES string of the molecule is Cc1ccc(C(=O)NNC(=O)C(C)Oc2cccc(Br)c2)cc1NS(C)(=O)=O. The van der Waals surface area contributed by atoms with Crippen LogP contribution in [0.15, 0.2) is 46.9 Å². The average Bonchev–Trinajstić information content (AvgIpc) is 2.60. The van der Waals surface area contributed by atoms with E-state index in [1.165, 1.54) is 12.1 Å². The number of aryl methyl sites for hydroxylation is 1. The first kappa shape index (κ1) is 21.7. The number of sulfonamides is 1. The Balaban J connectivity index is 1.97. The third kappa shape index (κ3) is 6.54. The summed E-state index contributed by atoms with van der Waals surface area (Å²) in [7, 11) is -3.48. The fraction of sp³-hybridized carbons (Fsp3) is 0.222. The highest BCUT2D eigenvalue weighted by atomic mass is 79.9. The lowest BCUT2D eigenvalue weighted by Crippen LogP contribution is -2.47. The zero-order chi connectivity index (χ0) is 20.9. The molecule has 2 aromatic rings. The van der Waals surface area contributed by atoms with Gasteiger partial charge in [-0.05, 0) is 49.7 Å². The highest BCUT2D eigenvalue weighted by Crippen LogP contribution is 2.19. The van der Waals surface area contributed by atoms with Crippen molar-refractivity contribution in [2.75, 3.05) is 11.0 Å². The Morgan fingerprint density at radius 1 is 1.11 bits per heavy atom. The standard InChI is InChI=1S/C18H20BrN3O5S/c1-11-7-8-13(9-16(11)22-28(3,25)26)18(24)21-20-17(23)12(2)27-15-6-4-5-14(19)10-15/h4-10,12,22H,1-3H3,(H,20,23)(H,21,24). The fourth-order valence-corrected chi connectivity index (χ4v) is 3.16. The van der Waals surface area contributed by atoms with Crippen LogP contribution >= 0.6 is 15.9 Å². The number of halogens is 1. The maximum absolute atomic E-state index is 12.3. The molecule has 0 aromatic heterocycles. The number of amides is 2. The van der Waals surface area contributed by atoms with Crippen molar-refractivity contribution in [1.29, 1.82) is 0 Å². The third-order valence-corrected chi connectivity index (χ3v) is 4.66. The van der Waals surface area contributed by atoms with Gasteiger partial charge in [0.25, 0.3) is 11.8 Å². The van der Waals surface area contributed by atoms with Crippen LogP contribution in [-0.2, 0) is 14.8 Å². The molecular formula is C18H20BrN3O5S. The summed E-state index contributed by atoms with van der Waals surface area (Å²) in [5.74, 6) is -0.646. The molecule has 3 N–H and O–H groups in total. The van der Waals surface area contributed by atoms with Crippen LogP contribution in [0.25, 0.3) is 0 Å². The van der Waals surface area contributed by atoms with Gasteiger partial charge >= 0.3 is 0 Å². The Labute approximate surface area is 171 Å². The quantitative estimate of drug-likeness (QED) is 0.561. The van der Waals surface area contributed by atoms with E-state index < -0.39 is 27.9 Å². The van der Waals surface area contributed by atoms with Crippen molar-refractivity contribution in [3.8, 4) is 5.75 Å². The normalized spacial score (nSPS) is 12.0. The van der Waals surface area contributed by atoms with Crippen LogP contribution in [0.2, 0.25) is 0 Å². The van der Waals surface area contributed by atoms with E-state index in [9.17, 15) is 18.0 Å². The van der Waals surface area contributed by atoms with Crippen LogP contribution in [0.5, 0.6) is 5.75 Å².